The van der Waals surface area contributed by atoms with E-state index < -0.39 is 10.0 Å². The van der Waals surface area contributed by atoms with Crippen molar-refractivity contribution in [2.75, 3.05) is 11.0 Å². The molecule has 0 saturated carbocycles. The van der Waals surface area contributed by atoms with Crippen molar-refractivity contribution in [3.8, 4) is 11.1 Å². The average molecular weight is 468 g/mol. The smallest absolute Gasteiger partial charge is 0.263 e. The quantitative estimate of drug-likeness (QED) is 0.432. The number of anilines is 1. The van der Waals surface area contributed by atoms with Gasteiger partial charge in [0.1, 0.15) is 4.83 Å². The molecular weight excluding hydrogens is 446 g/mol. The first kappa shape index (κ1) is 21.9. The molecule has 9 heteroatoms. The second-order valence-corrected chi connectivity index (χ2v) is 10.3. The molecule has 0 aliphatic carbocycles. The number of aromatic nitrogens is 2. The number of carbonyl (C=O) groups excluding carboxylic acids is 1. The van der Waals surface area contributed by atoms with Crippen LogP contribution in [0.5, 0.6) is 0 Å². The average Bonchev–Trinajstić information content (AvgIpc) is 3.16. The molecule has 2 heterocycles. The number of carbonyl (C=O) groups is 1. The van der Waals surface area contributed by atoms with E-state index >= 15 is 0 Å². The Morgan fingerprint density at radius 3 is 2.47 bits per heavy atom. The number of nitrogens with one attached hydrogen (secondary N) is 1. The van der Waals surface area contributed by atoms with Gasteiger partial charge in [0.25, 0.3) is 5.56 Å². The Kier molecular flexibility index (Phi) is 5.70. The molecule has 32 heavy (non-hydrogen) atoms. The maximum absolute atomic E-state index is 13.2. The number of rotatable bonds is 6. The number of benzene rings is 2. The normalized spacial score (nSPS) is 11.6. The summed E-state index contributed by atoms with van der Waals surface area (Å²) in [5.74, 6) is -0.276. The molecule has 0 aliphatic rings. The lowest BCUT2D eigenvalue weighted by Crippen LogP contribution is -2.24. The lowest BCUT2D eigenvalue weighted by Gasteiger charge is -2.08. The van der Waals surface area contributed by atoms with E-state index in [-0.39, 0.29) is 17.9 Å². The number of fused-ring (bicyclic) bond motifs is 1. The van der Waals surface area contributed by atoms with E-state index in [0.717, 1.165) is 22.9 Å². The molecule has 0 radical (unpaired) electrons. The Labute approximate surface area is 189 Å². The molecule has 0 atom stereocenters. The fourth-order valence-electron chi connectivity index (χ4n) is 3.39. The Bertz CT molecular complexity index is 1500. The predicted molar refractivity (Wildman–Crippen MR) is 128 cm³/mol. The van der Waals surface area contributed by atoms with Crippen molar-refractivity contribution in [3.63, 3.8) is 0 Å². The van der Waals surface area contributed by atoms with Crippen LogP contribution in [0.4, 0.5) is 5.69 Å². The van der Waals surface area contributed by atoms with Gasteiger partial charge in [0, 0.05) is 22.2 Å². The Balaban J connectivity index is 1.65. The minimum Gasteiger partial charge on any atom is -0.292 e. The van der Waals surface area contributed by atoms with Gasteiger partial charge < -0.3 is 0 Å². The van der Waals surface area contributed by atoms with Crippen molar-refractivity contribution in [1.82, 2.24) is 9.55 Å². The molecule has 0 aliphatic heterocycles. The summed E-state index contributed by atoms with van der Waals surface area (Å²) < 4.78 is 26.3. The van der Waals surface area contributed by atoms with Gasteiger partial charge in [-0.2, -0.15) is 0 Å². The van der Waals surface area contributed by atoms with Crippen LogP contribution >= 0.6 is 11.3 Å². The third-order valence-corrected chi connectivity index (χ3v) is 6.70. The minimum absolute atomic E-state index is 0.164. The summed E-state index contributed by atoms with van der Waals surface area (Å²) in [6, 6.07) is 12.1. The highest BCUT2D eigenvalue weighted by Gasteiger charge is 2.16. The van der Waals surface area contributed by atoms with E-state index in [0.29, 0.717) is 21.5 Å². The van der Waals surface area contributed by atoms with Crippen LogP contribution in [0, 0.1) is 13.8 Å². The van der Waals surface area contributed by atoms with Crippen molar-refractivity contribution < 1.29 is 13.2 Å². The first-order valence-electron chi connectivity index (χ1n) is 9.78. The second kappa shape index (κ2) is 8.33. The van der Waals surface area contributed by atoms with Crippen molar-refractivity contribution in [3.05, 3.63) is 81.2 Å². The Hall–Kier alpha value is -3.30. The van der Waals surface area contributed by atoms with Gasteiger partial charge in [-0.15, -0.1) is 11.3 Å². The van der Waals surface area contributed by atoms with Crippen molar-refractivity contribution in [1.29, 1.82) is 0 Å². The number of aryl methyl sites for hydroxylation is 2. The number of Topliss-reactive ketones (excluding diaryl/α,β-unsaturated/α-hetero) is 1. The van der Waals surface area contributed by atoms with E-state index in [4.69, 9.17) is 0 Å². The molecule has 7 nitrogen and oxygen atoms in total. The largest absolute Gasteiger partial charge is 0.292 e. The SMILES string of the molecule is Cc1ccc(-c2csc3ncn(CC(=O)c4ccc(NS(C)(=O)=O)cc4)c(=O)c23)cc1C. The lowest BCUT2D eigenvalue weighted by molar-refractivity contribution is 0.0970. The van der Waals surface area contributed by atoms with Gasteiger partial charge in [-0.05, 0) is 54.8 Å². The summed E-state index contributed by atoms with van der Waals surface area (Å²) in [7, 11) is -3.40. The number of thiophene rings is 1. The summed E-state index contributed by atoms with van der Waals surface area (Å²) in [6.07, 6.45) is 2.45. The molecular formula is C23H21N3O4S2. The topological polar surface area (TPSA) is 98.1 Å². The first-order valence-corrected chi connectivity index (χ1v) is 12.5. The fraction of sp³-hybridized carbons (Fsp3) is 0.174. The van der Waals surface area contributed by atoms with E-state index in [1.165, 1.54) is 52.1 Å². The Morgan fingerprint density at radius 2 is 1.81 bits per heavy atom. The Morgan fingerprint density at radius 1 is 1.09 bits per heavy atom. The van der Waals surface area contributed by atoms with Gasteiger partial charge >= 0.3 is 0 Å². The van der Waals surface area contributed by atoms with Crippen LogP contribution in [0.2, 0.25) is 0 Å². The van der Waals surface area contributed by atoms with Crippen LogP contribution in [0.1, 0.15) is 21.5 Å². The highest BCUT2D eigenvalue weighted by molar-refractivity contribution is 7.92. The summed E-state index contributed by atoms with van der Waals surface area (Å²) >= 11 is 1.40. The highest BCUT2D eigenvalue weighted by atomic mass is 32.2. The summed E-state index contributed by atoms with van der Waals surface area (Å²) in [5, 5.41) is 2.42. The molecule has 0 amide bonds. The molecule has 4 aromatic rings. The predicted octanol–water partition coefficient (Wildman–Crippen LogP) is 4.00. The van der Waals surface area contributed by atoms with Gasteiger partial charge in [-0.25, -0.2) is 13.4 Å². The molecule has 2 aromatic carbocycles. The molecule has 2 aromatic heterocycles. The monoisotopic (exact) mass is 467 g/mol. The summed E-state index contributed by atoms with van der Waals surface area (Å²) in [4.78, 5) is 31.0. The molecule has 4 rings (SSSR count). The fourth-order valence-corrected chi connectivity index (χ4v) is 4.86. The van der Waals surface area contributed by atoms with E-state index in [9.17, 15) is 18.0 Å². The van der Waals surface area contributed by atoms with Crippen LogP contribution < -0.4 is 10.3 Å². The third-order valence-electron chi connectivity index (χ3n) is 5.20. The van der Waals surface area contributed by atoms with Crippen LogP contribution in [0.3, 0.4) is 0 Å². The number of hydrogen-bond acceptors (Lipinski definition) is 6. The third kappa shape index (κ3) is 4.49. The number of hydrogen-bond donors (Lipinski definition) is 1. The molecule has 1 N–H and O–H groups in total. The van der Waals surface area contributed by atoms with Gasteiger partial charge in [-0.3, -0.25) is 18.9 Å². The number of sulfonamides is 1. The maximum atomic E-state index is 13.2. The summed E-state index contributed by atoms with van der Waals surface area (Å²) in [6.45, 7) is 3.90. The minimum atomic E-state index is -3.40. The van der Waals surface area contributed by atoms with Crippen molar-refractivity contribution in [2.24, 2.45) is 0 Å². The molecule has 0 bridgehead atoms. The van der Waals surface area contributed by atoms with Gasteiger partial charge in [0.15, 0.2) is 5.78 Å². The van der Waals surface area contributed by atoms with Crippen molar-refractivity contribution in [2.45, 2.75) is 20.4 Å². The highest BCUT2D eigenvalue weighted by Crippen LogP contribution is 2.31. The van der Waals surface area contributed by atoms with Gasteiger partial charge in [0.05, 0.1) is 24.5 Å². The lowest BCUT2D eigenvalue weighted by atomic mass is 10.0. The zero-order chi connectivity index (χ0) is 23.0. The van der Waals surface area contributed by atoms with Crippen LogP contribution in [0.25, 0.3) is 21.3 Å². The van der Waals surface area contributed by atoms with Crippen LogP contribution in [-0.4, -0.2) is 30.0 Å². The maximum Gasteiger partial charge on any atom is 0.263 e. The van der Waals surface area contributed by atoms with E-state index in [1.807, 2.05) is 37.4 Å². The molecule has 0 saturated heterocycles. The molecule has 0 fully saturated rings. The summed E-state index contributed by atoms with van der Waals surface area (Å²) in [5.41, 5.74) is 4.52. The molecule has 0 unspecified atom stereocenters. The van der Waals surface area contributed by atoms with Crippen molar-refractivity contribution >= 4 is 43.0 Å². The van der Waals surface area contributed by atoms with Gasteiger partial charge in [0.2, 0.25) is 10.0 Å². The zero-order valence-electron chi connectivity index (χ0n) is 17.7. The zero-order valence-corrected chi connectivity index (χ0v) is 19.4. The van der Waals surface area contributed by atoms with E-state index in [1.54, 1.807) is 0 Å². The van der Waals surface area contributed by atoms with Crippen LogP contribution in [0.15, 0.2) is 59.0 Å². The molecule has 164 valence electrons. The number of nitrogens with zero attached hydrogens (tertiary/aromatic N) is 2. The van der Waals surface area contributed by atoms with Crippen LogP contribution in [-0.2, 0) is 16.6 Å². The number of ketones is 1. The standard InChI is InChI=1S/C23H21N3O4S2/c1-14-4-5-17(10-15(14)2)19-12-31-22-21(19)23(28)26(13-24-22)11-20(27)16-6-8-18(9-7-16)25-32(3,29)30/h4-10,12-13,25H,11H2,1-3H3. The second-order valence-electron chi connectivity index (χ2n) is 7.68. The van der Waals surface area contributed by atoms with E-state index in [2.05, 4.69) is 9.71 Å². The van der Waals surface area contributed by atoms with Gasteiger partial charge in [-0.1, -0.05) is 18.2 Å². The molecule has 0 spiro atoms. The first-order chi connectivity index (χ1) is 15.1.